The van der Waals surface area contributed by atoms with E-state index in [-0.39, 0.29) is 16.8 Å². The molecule has 0 bridgehead atoms. The Labute approximate surface area is 150 Å². The van der Waals surface area contributed by atoms with Crippen molar-refractivity contribution in [3.63, 3.8) is 0 Å². The molecule has 8 heteroatoms. The highest BCUT2D eigenvalue weighted by Gasteiger charge is 2.08. The van der Waals surface area contributed by atoms with Crippen molar-refractivity contribution >= 4 is 44.9 Å². The van der Waals surface area contributed by atoms with Gasteiger partial charge in [0.2, 0.25) is 5.91 Å². The third kappa shape index (κ3) is 4.01. The zero-order chi connectivity index (χ0) is 17.1. The van der Waals surface area contributed by atoms with E-state index in [0.717, 1.165) is 21.8 Å². The average Bonchev–Trinajstić information content (AvgIpc) is 2.55. The minimum Gasteiger partial charge on any atom is -0.325 e. The highest BCUT2D eigenvalue weighted by atomic mass is 79.9. The van der Waals surface area contributed by atoms with E-state index in [9.17, 15) is 9.59 Å². The number of benzene rings is 1. The van der Waals surface area contributed by atoms with Crippen LogP contribution in [0.1, 0.15) is 5.56 Å². The molecule has 0 radical (unpaired) electrons. The van der Waals surface area contributed by atoms with Crippen molar-refractivity contribution in [3.05, 3.63) is 63.1 Å². The van der Waals surface area contributed by atoms with E-state index in [4.69, 9.17) is 0 Å². The summed E-state index contributed by atoms with van der Waals surface area (Å²) in [6.07, 6.45) is 1.64. The molecule has 3 aromatic rings. The van der Waals surface area contributed by atoms with E-state index in [2.05, 4.69) is 31.2 Å². The smallest absolute Gasteiger partial charge is 0.325 e. The lowest BCUT2D eigenvalue weighted by Crippen LogP contribution is -2.20. The van der Waals surface area contributed by atoms with Gasteiger partial charge in [0, 0.05) is 16.4 Å². The molecule has 0 saturated carbocycles. The minimum atomic E-state index is -0.407. The minimum absolute atomic E-state index is 0.123. The monoisotopic (exact) mass is 404 g/mol. The van der Waals surface area contributed by atoms with Crippen LogP contribution in [-0.4, -0.2) is 26.0 Å². The third-order valence-electron chi connectivity index (χ3n) is 3.16. The van der Waals surface area contributed by atoms with Gasteiger partial charge in [-0.25, -0.2) is 9.78 Å². The maximum atomic E-state index is 12.0. The van der Waals surface area contributed by atoms with Crippen LogP contribution in [0.15, 0.2) is 57.0 Å². The summed E-state index contributed by atoms with van der Waals surface area (Å²) in [6.45, 7) is 1.92. The highest BCUT2D eigenvalue weighted by Crippen LogP contribution is 2.16. The molecule has 2 aromatic heterocycles. The zero-order valence-electron chi connectivity index (χ0n) is 12.7. The molecule has 0 spiro atoms. The van der Waals surface area contributed by atoms with Gasteiger partial charge in [0.05, 0.1) is 5.75 Å². The molecule has 1 amide bonds. The Kier molecular flexibility index (Phi) is 4.96. The number of fused-ring (bicyclic) bond motifs is 1. The number of carbonyl (C=O) groups excluding carboxylic acids is 1. The second-order valence-corrected chi connectivity index (χ2v) is 6.92. The normalized spacial score (nSPS) is 10.8. The summed E-state index contributed by atoms with van der Waals surface area (Å²) >= 11 is 4.47. The lowest BCUT2D eigenvalue weighted by Gasteiger charge is -2.05. The predicted octanol–water partition coefficient (Wildman–Crippen LogP) is 2.89. The number of hydrogen-bond donors (Lipinski definition) is 1. The van der Waals surface area contributed by atoms with Crippen LogP contribution in [-0.2, 0) is 4.79 Å². The molecule has 0 fully saturated rings. The largest absolute Gasteiger partial charge is 0.355 e. The summed E-state index contributed by atoms with van der Waals surface area (Å²) in [5.41, 5.74) is 1.82. The number of nitrogens with zero attached hydrogens (tertiary/aromatic N) is 3. The van der Waals surface area contributed by atoms with E-state index in [1.807, 2.05) is 25.1 Å². The van der Waals surface area contributed by atoms with Crippen LogP contribution in [0.4, 0.5) is 5.69 Å². The number of anilines is 1. The third-order valence-corrected chi connectivity index (χ3v) is 4.53. The van der Waals surface area contributed by atoms with Gasteiger partial charge >= 0.3 is 5.69 Å². The highest BCUT2D eigenvalue weighted by molar-refractivity contribution is 9.10. The topological polar surface area (TPSA) is 76.4 Å². The van der Waals surface area contributed by atoms with Crippen molar-refractivity contribution < 1.29 is 4.79 Å². The Balaban J connectivity index is 1.70. The van der Waals surface area contributed by atoms with Gasteiger partial charge in [-0.1, -0.05) is 27.7 Å². The number of pyridine rings is 1. The fourth-order valence-electron chi connectivity index (χ4n) is 2.02. The fourth-order valence-corrected chi connectivity index (χ4v) is 2.92. The van der Waals surface area contributed by atoms with Gasteiger partial charge in [0.15, 0.2) is 5.16 Å². The molecule has 6 nitrogen and oxygen atoms in total. The fraction of sp³-hybridized carbons (Fsp3) is 0.125. The van der Waals surface area contributed by atoms with Crippen LogP contribution in [0.3, 0.4) is 0 Å². The molecule has 0 aliphatic carbocycles. The summed E-state index contributed by atoms with van der Waals surface area (Å²) in [5.74, 6) is -0.0623. The van der Waals surface area contributed by atoms with Crippen molar-refractivity contribution in [2.75, 3.05) is 11.1 Å². The van der Waals surface area contributed by atoms with Crippen LogP contribution in [0.5, 0.6) is 0 Å². The number of rotatable bonds is 4. The van der Waals surface area contributed by atoms with Gasteiger partial charge in [-0.15, -0.1) is 0 Å². The first kappa shape index (κ1) is 16.7. The van der Waals surface area contributed by atoms with Gasteiger partial charge in [0.1, 0.15) is 5.65 Å². The molecule has 122 valence electrons. The van der Waals surface area contributed by atoms with Gasteiger partial charge in [-0.2, -0.15) is 4.98 Å². The second kappa shape index (κ2) is 7.14. The van der Waals surface area contributed by atoms with Crippen molar-refractivity contribution in [1.82, 2.24) is 14.4 Å². The summed E-state index contributed by atoms with van der Waals surface area (Å²) in [5, 5.41) is 3.07. The molecule has 0 atom stereocenters. The summed E-state index contributed by atoms with van der Waals surface area (Å²) in [6, 6.07) is 10.9. The number of carbonyl (C=O) groups is 1. The molecular weight excluding hydrogens is 392 g/mol. The van der Waals surface area contributed by atoms with E-state index in [1.54, 1.807) is 24.4 Å². The molecule has 0 aliphatic heterocycles. The van der Waals surface area contributed by atoms with E-state index < -0.39 is 5.69 Å². The molecule has 3 rings (SSSR count). The Hall–Kier alpha value is -2.19. The quantitative estimate of drug-likeness (QED) is 0.676. The van der Waals surface area contributed by atoms with Gasteiger partial charge in [-0.05, 0) is 48.9 Å². The zero-order valence-corrected chi connectivity index (χ0v) is 15.1. The summed E-state index contributed by atoms with van der Waals surface area (Å²) < 4.78 is 2.31. The molecule has 1 aromatic carbocycles. The van der Waals surface area contributed by atoms with Crippen LogP contribution in [0, 0.1) is 6.92 Å². The first-order valence-electron chi connectivity index (χ1n) is 7.06. The summed E-state index contributed by atoms with van der Waals surface area (Å²) in [7, 11) is 0. The predicted molar refractivity (Wildman–Crippen MR) is 97.5 cm³/mol. The lowest BCUT2D eigenvalue weighted by atomic mass is 10.3. The second-order valence-electron chi connectivity index (χ2n) is 5.06. The molecule has 2 heterocycles. The van der Waals surface area contributed by atoms with E-state index in [1.165, 1.54) is 4.40 Å². The Morgan fingerprint density at radius 2 is 2.00 bits per heavy atom. The van der Waals surface area contributed by atoms with E-state index >= 15 is 0 Å². The van der Waals surface area contributed by atoms with Crippen molar-refractivity contribution in [1.29, 1.82) is 0 Å². The van der Waals surface area contributed by atoms with Crippen LogP contribution in [0.25, 0.3) is 5.65 Å². The van der Waals surface area contributed by atoms with Gasteiger partial charge in [-0.3, -0.25) is 9.20 Å². The Morgan fingerprint density at radius 3 is 2.75 bits per heavy atom. The number of thioether (sulfide) groups is 1. The number of halogens is 1. The standard InChI is InChI=1S/C16H13BrN4O2S/c1-10-6-7-21-13(8-10)19-15(20-16(21)23)24-9-14(22)18-12-4-2-11(17)3-5-12/h2-8H,9H2,1H3,(H,18,22). The molecule has 0 aliphatic rings. The first-order chi connectivity index (χ1) is 11.5. The maximum absolute atomic E-state index is 12.0. The number of aryl methyl sites for hydroxylation is 1. The number of nitrogens with one attached hydrogen (secondary N) is 1. The average molecular weight is 405 g/mol. The maximum Gasteiger partial charge on any atom is 0.355 e. The number of amides is 1. The number of hydrogen-bond acceptors (Lipinski definition) is 5. The van der Waals surface area contributed by atoms with Crippen molar-refractivity contribution in [3.8, 4) is 0 Å². The molecule has 0 unspecified atom stereocenters. The molecule has 0 saturated heterocycles. The van der Waals surface area contributed by atoms with Crippen LogP contribution in [0.2, 0.25) is 0 Å². The molecule has 1 N–H and O–H groups in total. The Morgan fingerprint density at radius 1 is 1.25 bits per heavy atom. The van der Waals surface area contributed by atoms with Crippen molar-refractivity contribution in [2.45, 2.75) is 12.1 Å². The van der Waals surface area contributed by atoms with Gasteiger partial charge in [0.25, 0.3) is 0 Å². The molecular formula is C16H13BrN4O2S. The summed E-state index contributed by atoms with van der Waals surface area (Å²) in [4.78, 5) is 32.2. The first-order valence-corrected chi connectivity index (χ1v) is 8.84. The lowest BCUT2D eigenvalue weighted by molar-refractivity contribution is -0.113. The Bertz CT molecular complexity index is 956. The van der Waals surface area contributed by atoms with E-state index in [0.29, 0.717) is 11.3 Å². The van der Waals surface area contributed by atoms with Gasteiger partial charge < -0.3 is 5.32 Å². The van der Waals surface area contributed by atoms with Crippen LogP contribution >= 0.6 is 27.7 Å². The van der Waals surface area contributed by atoms with Crippen LogP contribution < -0.4 is 11.0 Å². The SMILES string of the molecule is Cc1ccn2c(=O)nc(SCC(=O)Nc3ccc(Br)cc3)nc2c1. The molecule has 24 heavy (non-hydrogen) atoms. The van der Waals surface area contributed by atoms with Crippen molar-refractivity contribution in [2.24, 2.45) is 0 Å². The number of aromatic nitrogens is 3.